The largest absolute Gasteiger partial charge is 0.508 e. The third-order valence-electron chi connectivity index (χ3n) is 13.7. The van der Waals surface area contributed by atoms with Crippen LogP contribution in [0.2, 0.25) is 0 Å². The number of carboxylic acid groups (broad SMARTS) is 2. The molecule has 2 aromatic carbocycles. The molecule has 34 nitrogen and oxygen atoms in total. The summed E-state index contributed by atoms with van der Waals surface area (Å²) < 4.78 is 0. The molecule has 0 aliphatic carbocycles. The Morgan fingerprint density at radius 3 is 1.65 bits per heavy atom. The van der Waals surface area contributed by atoms with E-state index in [4.69, 9.17) is 11.5 Å². The van der Waals surface area contributed by atoms with E-state index < -0.39 is 194 Å². The minimum absolute atomic E-state index is 0.00472. The number of carbonyl (C=O) groups is 15. The number of aliphatic hydroxyl groups is 1. The summed E-state index contributed by atoms with van der Waals surface area (Å²) in [5.41, 5.74) is 12.0. The first-order valence-electron chi connectivity index (χ1n) is 28.3. The number of aromatic nitrogens is 2. The Morgan fingerprint density at radius 1 is 0.615 bits per heavy atom. The van der Waals surface area contributed by atoms with Crippen LogP contribution in [0.4, 0.5) is 0 Å². The van der Waals surface area contributed by atoms with Crippen LogP contribution in [-0.4, -0.2) is 204 Å². The van der Waals surface area contributed by atoms with Gasteiger partial charge in [0.1, 0.15) is 66.2 Å². The maximum absolute atomic E-state index is 14.1. The lowest BCUT2D eigenvalue weighted by Gasteiger charge is -2.27. The quantitative estimate of drug-likeness (QED) is 0.0254. The number of phenolic OH excluding ortho intramolecular Hbond substituents is 1. The number of hydrogen-bond donors (Lipinski definition) is 18. The zero-order valence-electron chi connectivity index (χ0n) is 49.6. The Hall–Kier alpha value is -10.2. The van der Waals surface area contributed by atoms with Gasteiger partial charge in [-0.2, -0.15) is 11.8 Å². The molecule has 1 aromatic heterocycles. The SMILES string of the molecule is CSCCC(NC(=O)C(Cc1cnc[nH]1)NC(=O)C(C)NC(=O)CNC(=O)C(NC(=O)C(Cc1ccc(O)cc1)NC(=O)C(CC(=O)O)NC(=O)C(CCC(N)=O)NC(=O)C1CCC(=O)N1)C(C)O)C(=O)NC(CC(=O)O)C(=O)NC(Cc1ccccc1)C(N)=O. The number of phenols is 1. The zero-order chi connectivity index (χ0) is 67.5. The number of benzene rings is 2. The molecule has 20 N–H and O–H groups in total. The summed E-state index contributed by atoms with van der Waals surface area (Å²) in [6.45, 7) is 1.38. The van der Waals surface area contributed by atoms with Crippen LogP contribution in [-0.2, 0) is 91.2 Å². The van der Waals surface area contributed by atoms with E-state index in [9.17, 15) is 92.3 Å². The number of primary amides is 2. The van der Waals surface area contributed by atoms with Crippen molar-refractivity contribution in [3.63, 3.8) is 0 Å². The van der Waals surface area contributed by atoms with Gasteiger partial charge in [-0.3, -0.25) is 71.9 Å². The number of rotatable bonds is 38. The molecule has 1 saturated heterocycles. The molecule has 4 rings (SSSR count). The van der Waals surface area contributed by atoms with E-state index in [-0.39, 0.29) is 49.2 Å². The van der Waals surface area contributed by atoms with Crippen LogP contribution in [0.3, 0.4) is 0 Å². The van der Waals surface area contributed by atoms with Gasteiger partial charge in [0, 0.05) is 44.0 Å². The van der Waals surface area contributed by atoms with Crippen LogP contribution in [0.1, 0.15) is 75.6 Å². The number of imidazole rings is 1. The normalized spacial score (nSPS) is 15.8. The van der Waals surface area contributed by atoms with Crippen LogP contribution in [0.5, 0.6) is 5.75 Å². The first-order valence-corrected chi connectivity index (χ1v) is 29.7. The molecule has 3 aromatic rings. The van der Waals surface area contributed by atoms with Crippen molar-refractivity contribution in [1.82, 2.24) is 68.5 Å². The molecule has 1 fully saturated rings. The molecule has 1 aliphatic rings. The average molecular weight is 1290 g/mol. The molecule has 0 saturated carbocycles. The van der Waals surface area contributed by atoms with E-state index in [1.807, 2.05) is 0 Å². The molecule has 0 bridgehead atoms. The van der Waals surface area contributed by atoms with Gasteiger partial charge in [-0.05, 0) is 68.4 Å². The van der Waals surface area contributed by atoms with Crippen molar-refractivity contribution < 1.29 is 92.3 Å². The highest BCUT2D eigenvalue weighted by Crippen LogP contribution is 2.14. The third kappa shape index (κ3) is 25.4. The summed E-state index contributed by atoms with van der Waals surface area (Å²) in [5, 5.41) is 65.9. The number of hydrogen-bond acceptors (Lipinski definition) is 19. The first-order chi connectivity index (χ1) is 43.0. The highest BCUT2D eigenvalue weighted by molar-refractivity contribution is 7.98. The molecular weight excluding hydrogens is 1220 g/mol. The van der Waals surface area contributed by atoms with Gasteiger partial charge >= 0.3 is 11.9 Å². The number of amides is 13. The highest BCUT2D eigenvalue weighted by atomic mass is 32.2. The van der Waals surface area contributed by atoms with Crippen molar-refractivity contribution in [3.8, 4) is 5.75 Å². The minimum atomic E-state index is -1.98. The van der Waals surface area contributed by atoms with Gasteiger partial charge < -0.3 is 95.4 Å². The number of carboxylic acids is 2. The molecule has 0 spiro atoms. The summed E-state index contributed by atoms with van der Waals surface area (Å²) in [4.78, 5) is 203. The number of thioether (sulfide) groups is 1. The number of nitrogens with two attached hydrogens (primary N) is 2. The number of carbonyl (C=O) groups excluding carboxylic acids is 13. The summed E-state index contributed by atoms with van der Waals surface area (Å²) in [5.74, 6) is -16.0. The molecule has 13 amide bonds. The van der Waals surface area contributed by atoms with E-state index in [0.717, 1.165) is 6.92 Å². The Bertz CT molecular complexity index is 3100. The summed E-state index contributed by atoms with van der Waals surface area (Å²) in [6.07, 6.45) is -1.13. The van der Waals surface area contributed by atoms with Crippen LogP contribution < -0.4 is 70.0 Å². The zero-order valence-corrected chi connectivity index (χ0v) is 50.4. The van der Waals surface area contributed by atoms with Gasteiger partial charge in [0.05, 0.1) is 31.8 Å². The molecule has 1 aliphatic heterocycles. The summed E-state index contributed by atoms with van der Waals surface area (Å²) in [6, 6.07) is -2.17. The number of aliphatic hydroxyl groups excluding tert-OH is 1. The van der Waals surface area contributed by atoms with Crippen molar-refractivity contribution in [1.29, 1.82) is 0 Å². The Morgan fingerprint density at radius 2 is 1.12 bits per heavy atom. The molecule has 11 atom stereocenters. The van der Waals surface area contributed by atoms with E-state index in [2.05, 4.69) is 68.5 Å². The lowest BCUT2D eigenvalue weighted by molar-refractivity contribution is -0.142. The number of H-pyrrole nitrogens is 1. The number of aromatic hydroxyl groups is 1. The Kier molecular flexibility index (Phi) is 29.3. The Labute approximate surface area is 523 Å². The highest BCUT2D eigenvalue weighted by Gasteiger charge is 2.37. The second-order valence-corrected chi connectivity index (χ2v) is 22.0. The van der Waals surface area contributed by atoms with Crippen LogP contribution in [0.15, 0.2) is 67.1 Å². The maximum atomic E-state index is 14.1. The van der Waals surface area contributed by atoms with Gasteiger partial charge in [0.15, 0.2) is 0 Å². The lowest BCUT2D eigenvalue weighted by Crippen LogP contribution is -2.61. The van der Waals surface area contributed by atoms with E-state index in [0.29, 0.717) is 11.3 Å². The number of nitrogens with one attached hydrogen (secondary N) is 12. The van der Waals surface area contributed by atoms with Gasteiger partial charge in [-0.25, -0.2) is 4.98 Å². The van der Waals surface area contributed by atoms with E-state index in [1.54, 1.807) is 36.6 Å². The fourth-order valence-electron chi connectivity index (χ4n) is 8.84. The molecule has 2 heterocycles. The smallest absolute Gasteiger partial charge is 0.305 e. The summed E-state index contributed by atoms with van der Waals surface area (Å²) >= 11 is 1.27. The van der Waals surface area contributed by atoms with Crippen molar-refractivity contribution in [2.45, 2.75) is 145 Å². The van der Waals surface area contributed by atoms with Gasteiger partial charge in [0.2, 0.25) is 76.8 Å². The average Bonchev–Trinajstić information content (AvgIpc) is 3.65. The van der Waals surface area contributed by atoms with Crippen LogP contribution in [0.25, 0.3) is 0 Å². The van der Waals surface area contributed by atoms with Crippen LogP contribution in [0, 0.1) is 0 Å². The minimum Gasteiger partial charge on any atom is -0.508 e. The van der Waals surface area contributed by atoms with Gasteiger partial charge in [-0.15, -0.1) is 0 Å². The van der Waals surface area contributed by atoms with Crippen molar-refractivity contribution in [2.24, 2.45) is 11.5 Å². The second kappa shape index (κ2) is 36.3. The lowest BCUT2D eigenvalue weighted by atomic mass is 10.0. The monoisotopic (exact) mass is 1290 g/mol. The molecular formula is C56H75N15O19S. The second-order valence-electron chi connectivity index (χ2n) is 21.0. The molecule has 35 heteroatoms. The predicted molar refractivity (Wildman–Crippen MR) is 318 cm³/mol. The fraction of sp³-hybridized carbons (Fsp3) is 0.464. The van der Waals surface area contributed by atoms with Gasteiger partial charge in [0.25, 0.3) is 0 Å². The Balaban J connectivity index is 1.45. The first kappa shape index (κ1) is 73.3. The third-order valence-corrected chi connectivity index (χ3v) is 14.4. The summed E-state index contributed by atoms with van der Waals surface area (Å²) in [7, 11) is 0. The number of aromatic amines is 1. The van der Waals surface area contributed by atoms with Crippen LogP contribution >= 0.6 is 11.8 Å². The standard InChI is InChI=1S/C56H75N15O19S/c1-27(48(82)67-38(21-31-24-59-26-61-31)52(86)65-35(17-18-91-3)51(85)70-39(22-44(77)78)53(87)66-36(47(58)81)19-29-7-5-4-6-8-29)62-43(76)25-60-56(90)46(28(2)72)71-55(89)37(20-30-9-11-32(73)12-10-30)68-54(88)40(23-45(79)80)69-50(84)34(13-15-41(57)74)64-49(83)33-14-16-42(75)63-33/h4-12,24,26-28,33-40,46,72-73H,13-23,25H2,1-3H3,(H2,57,74)(H2,58,81)(H,59,61)(H,60,90)(H,62,76)(H,63,75)(H,64,83)(H,65,86)(H,66,87)(H,67,82)(H,68,88)(H,69,84)(H,70,85)(H,71,89)(H,77,78)(H,79,80). The molecule has 11 unspecified atom stereocenters. The molecule has 0 radical (unpaired) electrons. The van der Waals surface area contributed by atoms with E-state index in [1.165, 1.54) is 55.5 Å². The number of aliphatic carboxylic acids is 2. The predicted octanol–water partition coefficient (Wildman–Crippen LogP) is -6.24. The van der Waals surface area contributed by atoms with Crippen molar-refractivity contribution in [2.75, 3.05) is 18.6 Å². The molecule has 494 valence electrons. The van der Waals surface area contributed by atoms with Crippen molar-refractivity contribution in [3.05, 3.63) is 83.9 Å². The topological polar surface area (TPSA) is 550 Å². The van der Waals surface area contributed by atoms with E-state index >= 15 is 0 Å². The fourth-order valence-corrected chi connectivity index (χ4v) is 9.31. The van der Waals surface area contributed by atoms with Crippen molar-refractivity contribution >= 4 is 100 Å². The molecule has 91 heavy (non-hydrogen) atoms. The van der Waals surface area contributed by atoms with Gasteiger partial charge in [-0.1, -0.05) is 42.5 Å². The maximum Gasteiger partial charge on any atom is 0.305 e. The number of nitrogens with zero attached hydrogens (tertiary/aromatic N) is 1.